The van der Waals surface area contributed by atoms with E-state index in [-0.39, 0.29) is 23.3 Å². The van der Waals surface area contributed by atoms with Crippen LogP contribution in [0.5, 0.6) is 5.75 Å². The second kappa shape index (κ2) is 9.32. The first-order chi connectivity index (χ1) is 16.0. The van der Waals surface area contributed by atoms with Gasteiger partial charge in [0.25, 0.3) is 5.56 Å². The molecule has 0 spiro atoms. The Morgan fingerprint density at radius 2 is 2.00 bits per heavy atom. The van der Waals surface area contributed by atoms with Crippen molar-refractivity contribution in [2.75, 3.05) is 37.0 Å². The van der Waals surface area contributed by atoms with Crippen molar-refractivity contribution in [1.82, 2.24) is 9.97 Å². The molecule has 1 amide bonds. The van der Waals surface area contributed by atoms with Gasteiger partial charge in [-0.15, -0.1) is 0 Å². The number of ether oxygens (including phenoxy) is 2. The average Bonchev–Trinajstić information content (AvgIpc) is 2.83. The number of piperidine rings is 1. The monoisotopic (exact) mass is 451 g/mol. The molecule has 0 aliphatic carbocycles. The van der Waals surface area contributed by atoms with Gasteiger partial charge in [0.2, 0.25) is 11.9 Å². The lowest BCUT2D eigenvalue weighted by atomic mass is 9.79. The fourth-order valence-corrected chi connectivity index (χ4v) is 4.50. The summed E-state index contributed by atoms with van der Waals surface area (Å²) in [6.07, 6.45) is 1.15. The van der Waals surface area contributed by atoms with E-state index in [1.165, 1.54) is 7.11 Å². The number of methoxy groups -OCH3 is 1. The molecular weight excluding hydrogens is 426 g/mol. The number of benzene rings is 1. The Kier molecular flexibility index (Phi) is 6.31. The lowest BCUT2D eigenvalue weighted by molar-refractivity contribution is -0.148. The van der Waals surface area contributed by atoms with Crippen LogP contribution >= 0.6 is 0 Å². The Hall–Kier alpha value is -3.87. The molecule has 2 aromatic rings. The van der Waals surface area contributed by atoms with Crippen LogP contribution in [-0.2, 0) is 14.3 Å². The maximum Gasteiger partial charge on any atom is 0.309 e. The number of rotatable bonds is 5. The SMILES string of the molecule is CCOC(=O)C1CCN(c2nc3c(c(=O)[nH]2)C(c2ccccc2OC)C(C#N)C(=O)N3)CC1. The van der Waals surface area contributed by atoms with E-state index >= 15 is 0 Å². The van der Waals surface area contributed by atoms with Gasteiger partial charge in [-0.25, -0.2) is 0 Å². The van der Waals surface area contributed by atoms with Gasteiger partial charge in [-0.1, -0.05) is 18.2 Å². The number of H-pyrrole nitrogens is 1. The van der Waals surface area contributed by atoms with E-state index in [0.717, 1.165) is 0 Å². The summed E-state index contributed by atoms with van der Waals surface area (Å²) in [6, 6.07) is 9.03. The molecule has 3 heterocycles. The van der Waals surface area contributed by atoms with Gasteiger partial charge in [0.1, 0.15) is 17.5 Å². The predicted molar refractivity (Wildman–Crippen MR) is 119 cm³/mol. The van der Waals surface area contributed by atoms with E-state index in [1.807, 2.05) is 11.0 Å². The fourth-order valence-electron chi connectivity index (χ4n) is 4.50. The standard InChI is InChI=1S/C23H25N5O5/c1-3-33-22(31)13-8-10-28(11-9-13)23-26-19-18(21(30)27-23)17(15(12-24)20(29)25-19)14-6-4-5-7-16(14)32-2/h4-7,13,15,17H,3,8-11H2,1-2H3,(H2,25,26,27,29,30). The molecule has 10 heteroatoms. The van der Waals surface area contributed by atoms with E-state index in [2.05, 4.69) is 15.3 Å². The number of nitriles is 1. The zero-order chi connectivity index (χ0) is 23.5. The highest BCUT2D eigenvalue weighted by molar-refractivity contribution is 5.98. The third kappa shape index (κ3) is 4.14. The highest BCUT2D eigenvalue weighted by Crippen LogP contribution is 2.41. The van der Waals surface area contributed by atoms with Gasteiger partial charge in [-0.05, 0) is 25.8 Å². The highest BCUT2D eigenvalue weighted by atomic mass is 16.5. The molecule has 10 nitrogen and oxygen atoms in total. The Bertz CT molecular complexity index is 1160. The summed E-state index contributed by atoms with van der Waals surface area (Å²) in [5.41, 5.74) is 0.354. The number of hydrogen-bond acceptors (Lipinski definition) is 8. The maximum atomic E-state index is 13.2. The molecule has 4 rings (SSSR count). The minimum absolute atomic E-state index is 0.133. The molecule has 1 saturated heterocycles. The zero-order valence-electron chi connectivity index (χ0n) is 18.5. The fraction of sp³-hybridized carbons (Fsp3) is 0.435. The molecule has 0 saturated carbocycles. The highest BCUT2D eigenvalue weighted by Gasteiger charge is 2.41. The van der Waals surface area contributed by atoms with Crippen LogP contribution in [0.1, 0.15) is 36.8 Å². The van der Waals surface area contributed by atoms with Gasteiger partial charge in [0.05, 0.1) is 31.3 Å². The summed E-state index contributed by atoms with van der Waals surface area (Å²) in [5, 5.41) is 12.3. The summed E-state index contributed by atoms with van der Waals surface area (Å²) in [5.74, 6) is -1.92. The molecule has 1 fully saturated rings. The topological polar surface area (TPSA) is 137 Å². The van der Waals surface area contributed by atoms with E-state index in [4.69, 9.17) is 9.47 Å². The molecule has 33 heavy (non-hydrogen) atoms. The average molecular weight is 451 g/mol. The first-order valence-electron chi connectivity index (χ1n) is 10.9. The van der Waals surface area contributed by atoms with Gasteiger partial charge < -0.3 is 19.7 Å². The van der Waals surface area contributed by atoms with Gasteiger partial charge >= 0.3 is 5.97 Å². The minimum Gasteiger partial charge on any atom is -0.496 e. The smallest absolute Gasteiger partial charge is 0.309 e. The number of fused-ring (bicyclic) bond motifs is 1. The van der Waals surface area contributed by atoms with Gasteiger partial charge in [0, 0.05) is 24.6 Å². The first kappa shape index (κ1) is 22.3. The molecule has 2 atom stereocenters. The van der Waals surface area contributed by atoms with Crippen molar-refractivity contribution < 1.29 is 19.1 Å². The van der Waals surface area contributed by atoms with Crippen molar-refractivity contribution in [3.8, 4) is 11.8 Å². The van der Waals surface area contributed by atoms with Gasteiger partial charge in [-0.2, -0.15) is 10.2 Å². The van der Waals surface area contributed by atoms with Crippen molar-refractivity contribution >= 4 is 23.6 Å². The number of aromatic amines is 1. The van der Waals surface area contributed by atoms with Crippen molar-refractivity contribution in [3.05, 3.63) is 45.7 Å². The molecule has 1 aromatic carbocycles. The van der Waals surface area contributed by atoms with Crippen LogP contribution in [0.25, 0.3) is 0 Å². The summed E-state index contributed by atoms with van der Waals surface area (Å²) in [6.45, 7) is 3.14. The quantitative estimate of drug-likeness (QED) is 0.656. The normalized spacial score (nSPS) is 20.4. The summed E-state index contributed by atoms with van der Waals surface area (Å²) >= 11 is 0. The van der Waals surface area contributed by atoms with E-state index in [9.17, 15) is 19.6 Å². The van der Waals surface area contributed by atoms with E-state index in [1.54, 1.807) is 31.2 Å². The molecule has 2 aliphatic rings. The van der Waals surface area contributed by atoms with Gasteiger partial charge in [-0.3, -0.25) is 19.4 Å². The van der Waals surface area contributed by atoms with Crippen molar-refractivity contribution in [2.24, 2.45) is 11.8 Å². The van der Waals surface area contributed by atoms with Gasteiger partial charge in [0.15, 0.2) is 0 Å². The number of hydrogen-bond donors (Lipinski definition) is 2. The number of carbonyl (C=O) groups excluding carboxylic acids is 2. The lowest BCUT2D eigenvalue weighted by Crippen LogP contribution is -2.41. The molecule has 172 valence electrons. The number of aromatic nitrogens is 2. The number of nitrogens with one attached hydrogen (secondary N) is 2. The summed E-state index contributed by atoms with van der Waals surface area (Å²) < 4.78 is 10.5. The number of para-hydroxylation sites is 1. The number of carbonyl (C=O) groups is 2. The zero-order valence-corrected chi connectivity index (χ0v) is 18.5. The van der Waals surface area contributed by atoms with Crippen LogP contribution in [0.2, 0.25) is 0 Å². The molecule has 2 N–H and O–H groups in total. The largest absolute Gasteiger partial charge is 0.496 e. The third-order valence-electron chi connectivity index (χ3n) is 6.14. The predicted octanol–water partition coefficient (Wildman–Crippen LogP) is 1.78. The molecule has 0 bridgehead atoms. The number of amides is 1. The van der Waals surface area contributed by atoms with Crippen LogP contribution in [0.4, 0.5) is 11.8 Å². The Balaban J connectivity index is 1.69. The van der Waals surface area contributed by atoms with Crippen LogP contribution in [0.15, 0.2) is 29.1 Å². The molecule has 0 radical (unpaired) electrons. The maximum absolute atomic E-state index is 13.2. The van der Waals surface area contributed by atoms with Crippen LogP contribution < -0.4 is 20.5 Å². The Morgan fingerprint density at radius 1 is 1.27 bits per heavy atom. The van der Waals surface area contributed by atoms with Crippen molar-refractivity contribution in [3.63, 3.8) is 0 Å². The van der Waals surface area contributed by atoms with E-state index < -0.39 is 23.3 Å². The summed E-state index contributed by atoms with van der Waals surface area (Å²) in [7, 11) is 1.50. The number of anilines is 2. The summed E-state index contributed by atoms with van der Waals surface area (Å²) in [4.78, 5) is 47.2. The van der Waals surface area contributed by atoms with Crippen LogP contribution in [-0.4, -0.2) is 48.7 Å². The van der Waals surface area contributed by atoms with Crippen molar-refractivity contribution in [1.29, 1.82) is 5.26 Å². The molecular formula is C23H25N5O5. The molecule has 2 unspecified atom stereocenters. The number of esters is 1. The second-order valence-electron chi connectivity index (χ2n) is 7.98. The number of nitrogens with zero attached hydrogens (tertiary/aromatic N) is 3. The third-order valence-corrected chi connectivity index (χ3v) is 6.14. The first-order valence-corrected chi connectivity index (χ1v) is 10.9. The van der Waals surface area contributed by atoms with Crippen LogP contribution in [0, 0.1) is 23.2 Å². The van der Waals surface area contributed by atoms with Crippen molar-refractivity contribution in [2.45, 2.75) is 25.7 Å². The van der Waals surface area contributed by atoms with Crippen LogP contribution in [0.3, 0.4) is 0 Å². The van der Waals surface area contributed by atoms with E-state index in [0.29, 0.717) is 49.8 Å². The molecule has 1 aromatic heterocycles. The minimum atomic E-state index is -1.11. The molecule has 2 aliphatic heterocycles. The lowest BCUT2D eigenvalue weighted by Gasteiger charge is -2.33. The Labute approximate surface area is 190 Å². The second-order valence-corrected chi connectivity index (χ2v) is 7.98. The Morgan fingerprint density at radius 3 is 2.67 bits per heavy atom.